The minimum Gasteiger partial charge on any atom is -0.324 e. The Hall–Kier alpha value is -1.25. The molecule has 0 fully saturated rings. The molecule has 2 heteroatoms. The fraction of sp³-hybridized carbons (Fsp3) is 0.294. The van der Waals surface area contributed by atoms with E-state index in [2.05, 4.69) is 42.5 Å². The van der Waals surface area contributed by atoms with Gasteiger partial charge in [-0.15, -0.1) is 0 Å². The highest BCUT2D eigenvalue weighted by atomic mass is 32.2. The van der Waals surface area contributed by atoms with Crippen LogP contribution in [0.1, 0.15) is 36.1 Å². The Morgan fingerprint density at radius 1 is 0.947 bits per heavy atom. The molecule has 2 aromatic carbocycles. The Bertz CT molecular complexity index is 572. The van der Waals surface area contributed by atoms with Crippen LogP contribution in [0.25, 0.3) is 0 Å². The van der Waals surface area contributed by atoms with E-state index in [0.717, 1.165) is 0 Å². The topological polar surface area (TPSA) is 26.0 Å². The molecule has 1 aliphatic carbocycles. The molecule has 0 saturated carbocycles. The summed E-state index contributed by atoms with van der Waals surface area (Å²) in [6.07, 6.45) is 3.81. The lowest BCUT2D eigenvalue weighted by Gasteiger charge is -2.08. The third kappa shape index (κ3) is 2.85. The fourth-order valence-corrected chi connectivity index (χ4v) is 3.47. The van der Waals surface area contributed by atoms with Crippen LogP contribution in [0.4, 0.5) is 0 Å². The summed E-state index contributed by atoms with van der Waals surface area (Å²) in [6, 6.07) is 15.6. The normalized spacial score (nSPS) is 15.3. The lowest BCUT2D eigenvalue weighted by Crippen LogP contribution is -2.04. The zero-order valence-electron chi connectivity index (χ0n) is 11.2. The van der Waals surface area contributed by atoms with Gasteiger partial charge < -0.3 is 5.73 Å². The van der Waals surface area contributed by atoms with Crippen molar-refractivity contribution in [2.24, 2.45) is 5.73 Å². The maximum absolute atomic E-state index is 5.87. The molecule has 1 nitrogen and oxygen atoms in total. The van der Waals surface area contributed by atoms with Crippen LogP contribution in [-0.4, -0.2) is 0 Å². The first-order chi connectivity index (χ1) is 9.22. The first-order valence-corrected chi connectivity index (χ1v) is 7.69. The highest BCUT2D eigenvalue weighted by molar-refractivity contribution is 7.99. The van der Waals surface area contributed by atoms with Crippen LogP contribution in [0.3, 0.4) is 0 Å². The van der Waals surface area contributed by atoms with Crippen LogP contribution in [0, 0.1) is 0 Å². The second kappa shape index (κ2) is 5.40. The number of aryl methyl sites for hydroxylation is 2. The van der Waals surface area contributed by atoms with Crippen molar-refractivity contribution in [3.05, 3.63) is 59.2 Å². The molecule has 0 spiro atoms. The van der Waals surface area contributed by atoms with Gasteiger partial charge in [-0.1, -0.05) is 30.0 Å². The van der Waals surface area contributed by atoms with Gasteiger partial charge in [0, 0.05) is 15.8 Å². The van der Waals surface area contributed by atoms with Crippen molar-refractivity contribution in [2.75, 3.05) is 0 Å². The molecule has 0 bridgehead atoms. The van der Waals surface area contributed by atoms with E-state index in [0.29, 0.717) is 0 Å². The van der Waals surface area contributed by atoms with Gasteiger partial charge in [0.1, 0.15) is 0 Å². The van der Waals surface area contributed by atoms with Crippen molar-refractivity contribution in [3.8, 4) is 0 Å². The molecular formula is C17H19NS. The molecule has 2 N–H and O–H groups in total. The van der Waals surface area contributed by atoms with Crippen LogP contribution in [0.5, 0.6) is 0 Å². The number of nitrogens with two attached hydrogens (primary N) is 1. The molecule has 0 saturated heterocycles. The third-order valence-corrected chi connectivity index (χ3v) is 4.71. The summed E-state index contributed by atoms with van der Waals surface area (Å²) in [4.78, 5) is 2.62. The van der Waals surface area contributed by atoms with E-state index < -0.39 is 0 Å². The minimum absolute atomic E-state index is 0.110. The Labute approximate surface area is 119 Å². The number of hydrogen-bond donors (Lipinski definition) is 1. The highest BCUT2D eigenvalue weighted by Crippen LogP contribution is 2.32. The molecule has 0 amide bonds. The third-order valence-electron chi connectivity index (χ3n) is 3.71. The van der Waals surface area contributed by atoms with E-state index in [4.69, 9.17) is 5.73 Å². The quantitative estimate of drug-likeness (QED) is 0.896. The first kappa shape index (κ1) is 12.8. The zero-order valence-corrected chi connectivity index (χ0v) is 12.0. The summed E-state index contributed by atoms with van der Waals surface area (Å²) in [7, 11) is 0. The van der Waals surface area contributed by atoms with Crippen LogP contribution in [0.15, 0.2) is 52.3 Å². The molecule has 0 aliphatic heterocycles. The van der Waals surface area contributed by atoms with Crippen molar-refractivity contribution in [1.82, 2.24) is 0 Å². The molecule has 1 aliphatic rings. The van der Waals surface area contributed by atoms with Crippen molar-refractivity contribution < 1.29 is 0 Å². The van der Waals surface area contributed by atoms with Crippen molar-refractivity contribution in [2.45, 2.75) is 42.0 Å². The molecule has 98 valence electrons. The van der Waals surface area contributed by atoms with Crippen LogP contribution in [0.2, 0.25) is 0 Å². The van der Waals surface area contributed by atoms with E-state index in [1.807, 2.05) is 18.7 Å². The van der Waals surface area contributed by atoms with Crippen molar-refractivity contribution in [1.29, 1.82) is 0 Å². The Morgan fingerprint density at radius 2 is 1.63 bits per heavy atom. The van der Waals surface area contributed by atoms with Crippen molar-refractivity contribution >= 4 is 11.8 Å². The molecule has 1 atom stereocenters. The molecule has 1 unspecified atom stereocenters. The SMILES string of the molecule is CC(N)c1ccc(Sc2ccc3c(c2)CCC3)cc1. The van der Waals surface area contributed by atoms with E-state index in [1.165, 1.54) is 45.7 Å². The monoisotopic (exact) mass is 269 g/mol. The fourth-order valence-electron chi connectivity index (χ4n) is 2.59. The zero-order chi connectivity index (χ0) is 13.2. The average molecular weight is 269 g/mol. The minimum atomic E-state index is 0.110. The molecule has 0 aromatic heterocycles. The summed E-state index contributed by atoms with van der Waals surface area (Å²) in [6.45, 7) is 2.02. The number of fused-ring (bicyclic) bond motifs is 1. The molecule has 19 heavy (non-hydrogen) atoms. The smallest absolute Gasteiger partial charge is 0.0266 e. The Morgan fingerprint density at radius 3 is 2.37 bits per heavy atom. The summed E-state index contributed by atoms with van der Waals surface area (Å²) >= 11 is 1.83. The second-order valence-electron chi connectivity index (χ2n) is 5.24. The lowest BCUT2D eigenvalue weighted by molar-refractivity contribution is 0.817. The first-order valence-electron chi connectivity index (χ1n) is 6.87. The summed E-state index contributed by atoms with van der Waals surface area (Å²) in [5.41, 5.74) is 10.1. The average Bonchev–Trinajstić information content (AvgIpc) is 2.87. The molecule has 3 rings (SSSR count). The van der Waals surface area contributed by atoms with Gasteiger partial charge in [0.25, 0.3) is 0 Å². The summed E-state index contributed by atoms with van der Waals surface area (Å²) in [5.74, 6) is 0. The predicted octanol–water partition coefficient (Wildman–Crippen LogP) is 4.35. The largest absolute Gasteiger partial charge is 0.324 e. The van der Waals surface area contributed by atoms with Gasteiger partial charge in [0.05, 0.1) is 0 Å². The number of rotatable bonds is 3. The van der Waals surface area contributed by atoms with E-state index in [-0.39, 0.29) is 6.04 Å². The summed E-state index contributed by atoms with van der Waals surface area (Å²) in [5, 5.41) is 0. The number of benzene rings is 2. The van der Waals surface area contributed by atoms with Gasteiger partial charge in [-0.2, -0.15) is 0 Å². The van der Waals surface area contributed by atoms with Gasteiger partial charge in [0.2, 0.25) is 0 Å². The molecule has 0 radical (unpaired) electrons. The molecule has 2 aromatic rings. The maximum Gasteiger partial charge on any atom is 0.0266 e. The van der Waals surface area contributed by atoms with Crippen molar-refractivity contribution in [3.63, 3.8) is 0 Å². The van der Waals surface area contributed by atoms with E-state index >= 15 is 0 Å². The van der Waals surface area contributed by atoms with Gasteiger partial charge in [-0.05, 0) is 67.1 Å². The van der Waals surface area contributed by atoms with Crippen LogP contribution in [-0.2, 0) is 12.8 Å². The number of hydrogen-bond acceptors (Lipinski definition) is 2. The second-order valence-corrected chi connectivity index (χ2v) is 6.39. The standard InChI is InChI=1S/C17H19NS/c1-12(18)13-5-8-16(9-6-13)19-17-10-7-14-3-2-4-15(14)11-17/h5-12H,2-4,18H2,1H3. The molecular weight excluding hydrogens is 250 g/mol. The van der Waals surface area contributed by atoms with Gasteiger partial charge >= 0.3 is 0 Å². The van der Waals surface area contributed by atoms with Gasteiger partial charge in [-0.25, -0.2) is 0 Å². The van der Waals surface area contributed by atoms with Gasteiger partial charge in [-0.3, -0.25) is 0 Å². The maximum atomic E-state index is 5.87. The van der Waals surface area contributed by atoms with Gasteiger partial charge in [0.15, 0.2) is 0 Å². The van der Waals surface area contributed by atoms with E-state index in [9.17, 15) is 0 Å². The predicted molar refractivity (Wildman–Crippen MR) is 81.6 cm³/mol. The lowest BCUT2D eigenvalue weighted by atomic mass is 10.1. The van der Waals surface area contributed by atoms with Crippen LogP contribution < -0.4 is 5.73 Å². The summed E-state index contributed by atoms with van der Waals surface area (Å²) < 4.78 is 0. The van der Waals surface area contributed by atoms with Crippen LogP contribution >= 0.6 is 11.8 Å². The van der Waals surface area contributed by atoms with E-state index in [1.54, 1.807) is 0 Å². The Kier molecular flexibility index (Phi) is 3.63. The molecule has 0 heterocycles. The highest BCUT2D eigenvalue weighted by Gasteiger charge is 2.11. The Balaban J connectivity index is 1.77.